The minimum absolute atomic E-state index is 0.00272. The molecule has 0 aliphatic carbocycles. The molecule has 0 atom stereocenters. The lowest BCUT2D eigenvalue weighted by Gasteiger charge is -2.17. The summed E-state index contributed by atoms with van der Waals surface area (Å²) in [5, 5.41) is 12.6. The first kappa shape index (κ1) is 19.8. The van der Waals surface area contributed by atoms with Crippen LogP contribution in [0.3, 0.4) is 0 Å². The van der Waals surface area contributed by atoms with E-state index in [1.807, 2.05) is 6.07 Å². The van der Waals surface area contributed by atoms with Gasteiger partial charge in [-0.05, 0) is 48.5 Å². The molecule has 2 aromatic carbocycles. The molecule has 7 nitrogen and oxygen atoms in total. The molecule has 1 heterocycles. The number of pyridine rings is 1. The molecule has 142 valence electrons. The average Bonchev–Trinajstić information content (AvgIpc) is 2.70. The third-order valence-corrected chi connectivity index (χ3v) is 6.17. The number of benzene rings is 2. The number of carbonyl (C=O) groups is 1. The van der Waals surface area contributed by atoms with Gasteiger partial charge in [0.15, 0.2) is 0 Å². The van der Waals surface area contributed by atoms with E-state index in [2.05, 4.69) is 10.3 Å². The van der Waals surface area contributed by atoms with Gasteiger partial charge in [-0.25, -0.2) is 8.42 Å². The number of amides is 1. The zero-order valence-electron chi connectivity index (χ0n) is 14.8. The Hall–Kier alpha value is -2.99. The standard InChI is InChI=1S/C19H15ClN4O3S/c1-24(28(26,27)14-6-4-13(11-21)5-7-14)12-18(25)23-17-9-8-16(20)19-15(17)3-2-10-22-19/h2-10H,12H2,1H3,(H,23,25). The summed E-state index contributed by atoms with van der Waals surface area (Å²) in [7, 11) is -2.56. The summed E-state index contributed by atoms with van der Waals surface area (Å²) < 4.78 is 26.2. The molecule has 1 aromatic heterocycles. The van der Waals surface area contributed by atoms with Gasteiger partial charge >= 0.3 is 0 Å². The van der Waals surface area contributed by atoms with Crippen LogP contribution in [0.15, 0.2) is 59.6 Å². The Kier molecular flexibility index (Phi) is 5.61. The highest BCUT2D eigenvalue weighted by molar-refractivity contribution is 7.89. The second-order valence-corrected chi connectivity index (χ2v) is 8.39. The maximum atomic E-state index is 12.6. The summed E-state index contributed by atoms with van der Waals surface area (Å²) in [6, 6.07) is 14.2. The van der Waals surface area contributed by atoms with Gasteiger partial charge in [0.1, 0.15) is 0 Å². The Morgan fingerprint density at radius 3 is 2.61 bits per heavy atom. The predicted octanol–water partition coefficient (Wildman–Crippen LogP) is 3.02. The van der Waals surface area contributed by atoms with Gasteiger partial charge < -0.3 is 5.32 Å². The van der Waals surface area contributed by atoms with Crippen molar-refractivity contribution in [3.05, 3.63) is 65.3 Å². The lowest BCUT2D eigenvalue weighted by Crippen LogP contribution is -2.35. The largest absolute Gasteiger partial charge is 0.324 e. The van der Waals surface area contributed by atoms with Gasteiger partial charge in [-0.3, -0.25) is 9.78 Å². The minimum atomic E-state index is -3.87. The van der Waals surface area contributed by atoms with Crippen LogP contribution in [0, 0.1) is 11.3 Å². The van der Waals surface area contributed by atoms with Crippen molar-refractivity contribution >= 4 is 44.1 Å². The molecule has 3 aromatic rings. The molecule has 1 N–H and O–H groups in total. The van der Waals surface area contributed by atoms with Crippen molar-refractivity contribution in [1.29, 1.82) is 5.26 Å². The number of nitrogens with one attached hydrogen (secondary N) is 1. The van der Waals surface area contributed by atoms with Crippen LogP contribution >= 0.6 is 11.6 Å². The first-order valence-corrected chi connectivity index (χ1v) is 9.94. The number of anilines is 1. The van der Waals surface area contributed by atoms with Gasteiger partial charge in [-0.1, -0.05) is 11.6 Å². The maximum absolute atomic E-state index is 12.6. The van der Waals surface area contributed by atoms with Crippen molar-refractivity contribution in [1.82, 2.24) is 9.29 Å². The lowest BCUT2D eigenvalue weighted by molar-refractivity contribution is -0.116. The Morgan fingerprint density at radius 1 is 1.21 bits per heavy atom. The van der Waals surface area contributed by atoms with Gasteiger partial charge in [-0.2, -0.15) is 9.57 Å². The van der Waals surface area contributed by atoms with Crippen LogP contribution < -0.4 is 5.32 Å². The fourth-order valence-corrected chi connectivity index (χ4v) is 3.95. The number of fused-ring (bicyclic) bond motifs is 1. The van der Waals surface area contributed by atoms with Crippen molar-refractivity contribution in [2.24, 2.45) is 0 Å². The zero-order valence-corrected chi connectivity index (χ0v) is 16.3. The highest BCUT2D eigenvalue weighted by Gasteiger charge is 2.23. The summed E-state index contributed by atoms with van der Waals surface area (Å²) in [5.74, 6) is -0.507. The number of rotatable bonds is 5. The molecular weight excluding hydrogens is 400 g/mol. The summed E-state index contributed by atoms with van der Waals surface area (Å²) in [6.07, 6.45) is 1.59. The summed E-state index contributed by atoms with van der Waals surface area (Å²) in [4.78, 5) is 16.6. The fourth-order valence-electron chi connectivity index (χ4n) is 2.61. The quantitative estimate of drug-likeness (QED) is 0.691. The van der Waals surface area contributed by atoms with Gasteiger partial charge in [0.2, 0.25) is 15.9 Å². The van der Waals surface area contributed by atoms with Gasteiger partial charge in [0.05, 0.1) is 39.3 Å². The molecule has 0 radical (unpaired) electrons. The number of hydrogen-bond donors (Lipinski definition) is 1. The number of carbonyl (C=O) groups excluding carboxylic acids is 1. The Morgan fingerprint density at radius 2 is 1.93 bits per heavy atom. The molecular formula is C19H15ClN4O3S. The van der Waals surface area contributed by atoms with E-state index in [9.17, 15) is 13.2 Å². The normalized spacial score (nSPS) is 11.4. The highest BCUT2D eigenvalue weighted by Crippen LogP contribution is 2.28. The first-order chi connectivity index (χ1) is 13.3. The molecule has 0 saturated heterocycles. The molecule has 9 heteroatoms. The fraction of sp³-hybridized carbons (Fsp3) is 0.105. The summed E-state index contributed by atoms with van der Waals surface area (Å²) >= 11 is 6.12. The smallest absolute Gasteiger partial charge is 0.243 e. The van der Waals surface area contributed by atoms with Crippen LogP contribution in [0.1, 0.15) is 5.56 Å². The third-order valence-electron chi connectivity index (χ3n) is 4.05. The summed E-state index contributed by atoms with van der Waals surface area (Å²) in [5.41, 5.74) is 1.38. The first-order valence-electron chi connectivity index (χ1n) is 8.12. The van der Waals surface area contributed by atoms with E-state index < -0.39 is 15.9 Å². The average molecular weight is 415 g/mol. The van der Waals surface area contributed by atoms with Crippen LogP contribution in [0.4, 0.5) is 5.69 Å². The molecule has 0 saturated carbocycles. The van der Waals surface area contributed by atoms with Crippen LogP contribution in [0.5, 0.6) is 0 Å². The van der Waals surface area contributed by atoms with Gasteiger partial charge in [0.25, 0.3) is 0 Å². The van der Waals surface area contributed by atoms with E-state index in [4.69, 9.17) is 16.9 Å². The Bertz CT molecular complexity index is 1190. The Labute approximate surface area is 167 Å². The third kappa shape index (κ3) is 3.97. The molecule has 0 spiro atoms. The lowest BCUT2D eigenvalue weighted by atomic mass is 10.2. The molecule has 0 bridgehead atoms. The zero-order chi connectivity index (χ0) is 20.3. The van der Waals surface area contributed by atoms with Gasteiger partial charge in [0, 0.05) is 18.6 Å². The van der Waals surface area contributed by atoms with Crippen molar-refractivity contribution in [2.45, 2.75) is 4.90 Å². The predicted molar refractivity (Wildman–Crippen MR) is 106 cm³/mol. The molecule has 0 aliphatic rings. The second-order valence-electron chi connectivity index (χ2n) is 5.94. The van der Waals surface area contributed by atoms with Crippen LogP contribution in [-0.4, -0.2) is 37.2 Å². The number of sulfonamides is 1. The molecule has 3 rings (SSSR count). The topological polar surface area (TPSA) is 103 Å². The highest BCUT2D eigenvalue weighted by atomic mass is 35.5. The van der Waals surface area contributed by atoms with E-state index in [0.29, 0.717) is 27.2 Å². The second kappa shape index (κ2) is 7.94. The van der Waals surface area contributed by atoms with Crippen molar-refractivity contribution in [3.63, 3.8) is 0 Å². The van der Waals surface area contributed by atoms with Crippen LogP contribution in [-0.2, 0) is 14.8 Å². The van der Waals surface area contributed by atoms with Crippen molar-refractivity contribution in [2.75, 3.05) is 18.9 Å². The molecule has 0 unspecified atom stereocenters. The number of nitriles is 1. The number of hydrogen-bond acceptors (Lipinski definition) is 5. The molecule has 0 fully saturated rings. The van der Waals surface area contributed by atoms with E-state index in [1.165, 1.54) is 31.3 Å². The minimum Gasteiger partial charge on any atom is -0.324 e. The van der Waals surface area contributed by atoms with Crippen molar-refractivity contribution in [3.8, 4) is 6.07 Å². The van der Waals surface area contributed by atoms with Crippen molar-refractivity contribution < 1.29 is 13.2 Å². The van der Waals surface area contributed by atoms with E-state index >= 15 is 0 Å². The van der Waals surface area contributed by atoms with Gasteiger partial charge in [-0.15, -0.1) is 0 Å². The SMILES string of the molecule is CN(CC(=O)Nc1ccc(Cl)c2ncccc12)S(=O)(=O)c1ccc(C#N)cc1. The molecule has 1 amide bonds. The maximum Gasteiger partial charge on any atom is 0.243 e. The number of nitrogens with zero attached hydrogens (tertiary/aromatic N) is 3. The molecule has 28 heavy (non-hydrogen) atoms. The monoisotopic (exact) mass is 414 g/mol. The molecule has 0 aliphatic heterocycles. The number of aromatic nitrogens is 1. The number of halogens is 1. The van der Waals surface area contributed by atoms with Crippen LogP contribution in [0.25, 0.3) is 10.9 Å². The van der Waals surface area contributed by atoms with Crippen LogP contribution in [0.2, 0.25) is 5.02 Å². The number of likely N-dealkylation sites (N-methyl/N-ethyl adjacent to an activating group) is 1. The van der Waals surface area contributed by atoms with E-state index in [1.54, 1.807) is 30.5 Å². The van der Waals surface area contributed by atoms with E-state index in [0.717, 1.165) is 4.31 Å². The Balaban J connectivity index is 1.77. The summed E-state index contributed by atoms with van der Waals surface area (Å²) in [6.45, 7) is -0.382. The van der Waals surface area contributed by atoms with E-state index in [-0.39, 0.29) is 11.4 Å².